The summed E-state index contributed by atoms with van der Waals surface area (Å²) in [4.78, 5) is 28.6. The smallest absolute Gasteiger partial charge is 0.429 e. The van der Waals surface area contributed by atoms with E-state index in [1.807, 2.05) is 0 Å². The van der Waals surface area contributed by atoms with Crippen LogP contribution in [-0.2, 0) is 14.8 Å². The minimum Gasteiger partial charge on any atom is -0.480 e. The third-order valence-electron chi connectivity index (χ3n) is 4.54. The number of aromatic nitrogens is 1. The van der Waals surface area contributed by atoms with Gasteiger partial charge in [0.1, 0.15) is 6.54 Å². The maximum atomic E-state index is 13.0. The van der Waals surface area contributed by atoms with Crippen LogP contribution in [-0.4, -0.2) is 41.4 Å². The van der Waals surface area contributed by atoms with Gasteiger partial charge in [-0.3, -0.25) is 4.79 Å². The van der Waals surface area contributed by atoms with Gasteiger partial charge in [0, 0.05) is 10.8 Å². The molecule has 0 spiro atoms. The quantitative estimate of drug-likeness (QED) is 0.475. The van der Waals surface area contributed by atoms with Crippen LogP contribution in [0.2, 0.25) is 0 Å². The van der Waals surface area contributed by atoms with Gasteiger partial charge in [0.15, 0.2) is 5.75 Å². The lowest BCUT2D eigenvalue weighted by molar-refractivity contribution is -0.136. The van der Waals surface area contributed by atoms with Crippen molar-refractivity contribution in [3.05, 3.63) is 78.9 Å². The Labute approximate surface area is 177 Å². The average Bonchev–Trinajstić information content (AvgIpc) is 2.77. The number of fused-ring (bicyclic) bond motifs is 2. The Bertz CT molecular complexity index is 1350. The number of hydrogen-bond acceptors (Lipinski definition) is 6. The fraction of sp³-hybridized carbons (Fsp3) is 0.0455. The van der Waals surface area contributed by atoms with Crippen molar-refractivity contribution in [2.45, 2.75) is 4.90 Å². The Kier molecular flexibility index (Phi) is 5.26. The molecule has 0 saturated carbocycles. The third kappa shape index (κ3) is 3.90. The second kappa shape index (κ2) is 8.04. The highest BCUT2D eigenvalue weighted by molar-refractivity contribution is 7.89. The highest BCUT2D eigenvalue weighted by Crippen LogP contribution is 2.33. The number of hydrogen-bond donors (Lipinski definition) is 1. The number of ether oxygens (including phenoxy) is 1. The average molecular weight is 436 g/mol. The minimum absolute atomic E-state index is 0.102. The Balaban J connectivity index is 1.83. The summed E-state index contributed by atoms with van der Waals surface area (Å²) in [6, 6.07) is 20.9. The van der Waals surface area contributed by atoms with Gasteiger partial charge in [0.25, 0.3) is 10.0 Å². The number of carboxylic acids is 1. The lowest BCUT2D eigenvalue weighted by Gasteiger charge is -2.21. The molecule has 1 N–H and O–H groups in total. The van der Waals surface area contributed by atoms with E-state index < -0.39 is 28.6 Å². The van der Waals surface area contributed by atoms with E-state index in [-0.39, 0.29) is 15.0 Å². The molecule has 0 unspecified atom stereocenters. The first kappa shape index (κ1) is 20.3. The van der Waals surface area contributed by atoms with E-state index in [4.69, 9.17) is 4.74 Å². The Hall–Kier alpha value is -3.98. The number of nitrogens with zero attached hydrogens (tertiary/aromatic N) is 2. The number of carbonyl (C=O) groups is 2. The van der Waals surface area contributed by atoms with Gasteiger partial charge in [-0.25, -0.2) is 18.2 Å². The summed E-state index contributed by atoms with van der Waals surface area (Å²) in [5.41, 5.74) is 1.08. The summed E-state index contributed by atoms with van der Waals surface area (Å²) in [5, 5.41) is 10.2. The normalized spacial score (nSPS) is 11.4. The monoisotopic (exact) mass is 436 g/mol. The van der Waals surface area contributed by atoms with Crippen molar-refractivity contribution in [1.82, 2.24) is 9.29 Å². The van der Waals surface area contributed by atoms with Crippen molar-refractivity contribution >= 4 is 43.9 Å². The molecule has 8 nitrogen and oxygen atoms in total. The van der Waals surface area contributed by atoms with Crippen LogP contribution in [0.1, 0.15) is 0 Å². The summed E-state index contributed by atoms with van der Waals surface area (Å²) < 4.78 is 31.7. The molecule has 1 heterocycles. The molecule has 31 heavy (non-hydrogen) atoms. The standard InChI is InChI=1S/C22H16N2O6S/c25-20(26)14-24(31(28,29)15-8-2-1-3-9-15)22(27)30-21-16-10-4-6-12-18(16)23-19-13-7-5-11-17(19)21/h1-13H,14H2,(H,25,26). The third-order valence-corrected chi connectivity index (χ3v) is 6.27. The van der Waals surface area contributed by atoms with E-state index in [1.54, 1.807) is 54.6 Å². The minimum atomic E-state index is -4.46. The number of benzene rings is 3. The lowest BCUT2D eigenvalue weighted by atomic mass is 10.1. The zero-order chi connectivity index (χ0) is 22.0. The van der Waals surface area contributed by atoms with Gasteiger partial charge in [0.05, 0.1) is 15.9 Å². The zero-order valence-electron chi connectivity index (χ0n) is 16.0. The second-order valence-electron chi connectivity index (χ2n) is 6.56. The van der Waals surface area contributed by atoms with Crippen LogP contribution in [0.3, 0.4) is 0 Å². The second-order valence-corrected chi connectivity index (χ2v) is 8.42. The fourth-order valence-corrected chi connectivity index (χ4v) is 4.41. The molecule has 9 heteroatoms. The molecule has 0 aliphatic rings. The lowest BCUT2D eigenvalue weighted by Crippen LogP contribution is -2.42. The molecule has 1 aromatic heterocycles. The number of carbonyl (C=O) groups excluding carboxylic acids is 1. The number of carboxylic acid groups (broad SMARTS) is 1. The molecule has 0 saturated heterocycles. The first-order valence-electron chi connectivity index (χ1n) is 9.17. The predicted molar refractivity (Wildman–Crippen MR) is 113 cm³/mol. The van der Waals surface area contributed by atoms with Gasteiger partial charge in [-0.05, 0) is 36.4 Å². The van der Waals surface area contributed by atoms with Crippen LogP contribution in [0.4, 0.5) is 4.79 Å². The predicted octanol–water partition coefficient (Wildman–Crippen LogP) is 3.66. The fourth-order valence-electron chi connectivity index (χ4n) is 3.14. The van der Waals surface area contributed by atoms with E-state index >= 15 is 0 Å². The van der Waals surface area contributed by atoms with Gasteiger partial charge in [0.2, 0.25) is 0 Å². The van der Waals surface area contributed by atoms with Crippen LogP contribution in [0.25, 0.3) is 21.8 Å². The molecule has 4 aromatic rings. The summed E-state index contributed by atoms with van der Waals surface area (Å²) >= 11 is 0. The molecule has 0 fully saturated rings. The molecule has 0 atom stereocenters. The summed E-state index contributed by atoms with van der Waals surface area (Å²) in [6.45, 7) is -1.09. The maximum Gasteiger partial charge on any atom is 0.429 e. The van der Waals surface area contributed by atoms with Crippen LogP contribution >= 0.6 is 0 Å². The number of pyridine rings is 1. The van der Waals surface area contributed by atoms with E-state index in [9.17, 15) is 23.1 Å². The van der Waals surface area contributed by atoms with Crippen LogP contribution in [0, 0.1) is 0 Å². The summed E-state index contributed by atoms with van der Waals surface area (Å²) in [5.74, 6) is -1.40. The first-order chi connectivity index (χ1) is 14.9. The molecule has 3 aromatic carbocycles. The Morgan fingerprint density at radius 3 is 1.90 bits per heavy atom. The van der Waals surface area contributed by atoms with Crippen molar-refractivity contribution in [2.24, 2.45) is 0 Å². The molecule has 0 aliphatic heterocycles. The van der Waals surface area contributed by atoms with E-state index in [2.05, 4.69) is 4.98 Å². The number of sulfonamides is 1. The molecule has 4 rings (SSSR count). The molecule has 0 bridgehead atoms. The van der Waals surface area contributed by atoms with Crippen molar-refractivity contribution in [2.75, 3.05) is 6.54 Å². The van der Waals surface area contributed by atoms with E-state index in [0.29, 0.717) is 21.8 Å². The molecule has 0 aliphatic carbocycles. The largest absolute Gasteiger partial charge is 0.480 e. The van der Waals surface area contributed by atoms with Crippen LogP contribution in [0.15, 0.2) is 83.8 Å². The van der Waals surface area contributed by atoms with Gasteiger partial charge in [-0.15, -0.1) is 0 Å². The van der Waals surface area contributed by atoms with Crippen LogP contribution in [0.5, 0.6) is 5.75 Å². The van der Waals surface area contributed by atoms with Crippen molar-refractivity contribution in [3.8, 4) is 5.75 Å². The van der Waals surface area contributed by atoms with E-state index in [1.165, 1.54) is 24.3 Å². The molecular weight excluding hydrogens is 420 g/mol. The highest BCUT2D eigenvalue weighted by Gasteiger charge is 2.33. The molecule has 1 amide bonds. The zero-order valence-corrected chi connectivity index (χ0v) is 16.8. The molecular formula is C22H16N2O6S. The summed E-state index contributed by atoms with van der Waals surface area (Å²) in [6.07, 6.45) is -1.33. The number of rotatable bonds is 5. The van der Waals surface area contributed by atoms with Crippen molar-refractivity contribution < 1.29 is 27.9 Å². The number of aliphatic carboxylic acids is 1. The maximum absolute atomic E-state index is 13.0. The van der Waals surface area contributed by atoms with Gasteiger partial charge >= 0.3 is 12.1 Å². The first-order valence-corrected chi connectivity index (χ1v) is 10.6. The number of amides is 1. The number of para-hydroxylation sites is 2. The Morgan fingerprint density at radius 2 is 1.35 bits per heavy atom. The molecule has 156 valence electrons. The van der Waals surface area contributed by atoms with Crippen molar-refractivity contribution in [3.63, 3.8) is 0 Å². The van der Waals surface area contributed by atoms with Gasteiger partial charge in [-0.2, -0.15) is 4.31 Å². The van der Waals surface area contributed by atoms with Crippen LogP contribution < -0.4 is 4.74 Å². The molecule has 0 radical (unpaired) electrons. The van der Waals surface area contributed by atoms with Crippen molar-refractivity contribution in [1.29, 1.82) is 0 Å². The summed E-state index contributed by atoms with van der Waals surface area (Å²) in [7, 11) is -4.46. The topological polar surface area (TPSA) is 114 Å². The van der Waals surface area contributed by atoms with Gasteiger partial charge in [-0.1, -0.05) is 42.5 Å². The van der Waals surface area contributed by atoms with E-state index in [0.717, 1.165) is 0 Å². The SMILES string of the molecule is O=C(O)CN(C(=O)Oc1c2ccccc2nc2ccccc12)S(=O)(=O)c1ccccc1. The van der Waals surface area contributed by atoms with Gasteiger partial charge < -0.3 is 9.84 Å². The highest BCUT2D eigenvalue weighted by atomic mass is 32.2. The Morgan fingerprint density at radius 1 is 0.839 bits per heavy atom.